The summed E-state index contributed by atoms with van der Waals surface area (Å²) in [5.41, 5.74) is 7.78. The van der Waals surface area contributed by atoms with E-state index in [1.807, 2.05) is 31.2 Å². The number of fused-ring (bicyclic) bond motifs is 1. The molecule has 0 saturated heterocycles. The van der Waals surface area contributed by atoms with Crippen LogP contribution >= 0.6 is 11.3 Å². The van der Waals surface area contributed by atoms with Gasteiger partial charge in [0.05, 0.1) is 20.8 Å². The summed E-state index contributed by atoms with van der Waals surface area (Å²) in [4.78, 5) is 4.56. The van der Waals surface area contributed by atoms with Gasteiger partial charge >= 0.3 is 0 Å². The first-order valence-electron chi connectivity index (χ1n) is 6.39. The first kappa shape index (κ1) is 14.0. The van der Waals surface area contributed by atoms with Gasteiger partial charge in [0.15, 0.2) is 9.84 Å². The molecule has 0 aliphatic heterocycles. The summed E-state index contributed by atoms with van der Waals surface area (Å²) >= 11 is 1.40. The summed E-state index contributed by atoms with van der Waals surface area (Å²) in [6.45, 7) is 1.84. The molecule has 3 rings (SSSR count). The Morgan fingerprint density at radius 3 is 2.71 bits per heavy atom. The molecule has 0 amide bonds. The lowest BCUT2D eigenvalue weighted by Crippen LogP contribution is -2.08. The summed E-state index contributed by atoms with van der Waals surface area (Å²) in [6.07, 6.45) is 0. The number of thiazole rings is 1. The first-order chi connectivity index (χ1) is 9.95. The number of hydrogen-bond donors (Lipinski definition) is 1. The lowest BCUT2D eigenvalue weighted by molar-refractivity contribution is 0.595. The number of anilines is 1. The van der Waals surface area contributed by atoms with Crippen molar-refractivity contribution in [3.05, 3.63) is 53.0 Å². The minimum Gasteiger partial charge on any atom is -0.398 e. The van der Waals surface area contributed by atoms with Gasteiger partial charge in [0.2, 0.25) is 0 Å². The molecule has 0 unspecified atom stereocenters. The summed E-state index contributed by atoms with van der Waals surface area (Å²) in [5.74, 6) is -0.125. The van der Waals surface area contributed by atoms with Gasteiger partial charge in [-0.15, -0.1) is 11.3 Å². The molecular formula is C15H14N2O2S2. The van der Waals surface area contributed by atoms with Crippen LogP contribution in [0.3, 0.4) is 0 Å². The maximum atomic E-state index is 12.5. The molecular weight excluding hydrogens is 304 g/mol. The van der Waals surface area contributed by atoms with E-state index in [1.165, 1.54) is 11.3 Å². The van der Waals surface area contributed by atoms with Crippen LogP contribution in [0.15, 0.2) is 47.4 Å². The SMILES string of the molecule is Cc1ccc(N)c(S(=O)(=O)Cc2nc3ccccc3s2)c1. The Bertz CT molecular complexity index is 881. The lowest BCUT2D eigenvalue weighted by atomic mass is 10.2. The molecule has 0 bridgehead atoms. The molecule has 0 aliphatic carbocycles. The number of rotatable bonds is 3. The lowest BCUT2D eigenvalue weighted by Gasteiger charge is -2.07. The summed E-state index contributed by atoms with van der Waals surface area (Å²) in [6, 6.07) is 12.6. The van der Waals surface area contributed by atoms with Crippen LogP contribution in [0.2, 0.25) is 0 Å². The molecule has 21 heavy (non-hydrogen) atoms. The fraction of sp³-hybridized carbons (Fsp3) is 0.133. The molecule has 0 spiro atoms. The van der Waals surface area contributed by atoms with Crippen molar-refractivity contribution in [1.29, 1.82) is 0 Å². The van der Waals surface area contributed by atoms with Crippen LogP contribution in [0.5, 0.6) is 0 Å². The minimum atomic E-state index is -3.49. The van der Waals surface area contributed by atoms with E-state index in [0.29, 0.717) is 5.01 Å². The van der Waals surface area contributed by atoms with Gasteiger partial charge in [0.25, 0.3) is 0 Å². The van der Waals surface area contributed by atoms with Crippen molar-refractivity contribution in [1.82, 2.24) is 4.98 Å². The van der Waals surface area contributed by atoms with Gasteiger partial charge in [0, 0.05) is 0 Å². The van der Waals surface area contributed by atoms with Crippen LogP contribution in [-0.2, 0) is 15.6 Å². The number of benzene rings is 2. The van der Waals surface area contributed by atoms with Crippen molar-refractivity contribution < 1.29 is 8.42 Å². The Hall–Kier alpha value is -1.92. The van der Waals surface area contributed by atoms with E-state index in [2.05, 4.69) is 4.98 Å². The number of nitrogen functional groups attached to an aromatic ring is 1. The van der Waals surface area contributed by atoms with E-state index in [-0.39, 0.29) is 16.3 Å². The molecule has 0 radical (unpaired) electrons. The predicted molar refractivity (Wildman–Crippen MR) is 86.1 cm³/mol. The highest BCUT2D eigenvalue weighted by molar-refractivity contribution is 7.91. The van der Waals surface area contributed by atoms with Crippen molar-refractivity contribution >= 4 is 37.1 Å². The van der Waals surface area contributed by atoms with E-state index in [0.717, 1.165) is 15.8 Å². The second kappa shape index (κ2) is 5.13. The number of aryl methyl sites for hydroxylation is 1. The Balaban J connectivity index is 2.01. The predicted octanol–water partition coefficient (Wildman–Crippen LogP) is 3.16. The van der Waals surface area contributed by atoms with Crippen LogP contribution in [-0.4, -0.2) is 13.4 Å². The maximum Gasteiger partial charge on any atom is 0.186 e. The number of sulfone groups is 1. The van der Waals surface area contributed by atoms with Gasteiger partial charge in [-0.1, -0.05) is 18.2 Å². The standard InChI is InChI=1S/C15H14N2O2S2/c1-10-6-7-11(16)14(8-10)21(18,19)9-15-17-12-4-2-3-5-13(12)20-15/h2-8H,9,16H2,1H3. The average Bonchev–Trinajstić information content (AvgIpc) is 2.82. The van der Waals surface area contributed by atoms with Crippen molar-refractivity contribution in [3.63, 3.8) is 0 Å². The Labute approximate surface area is 127 Å². The Kier molecular flexibility index (Phi) is 3.43. The molecule has 1 aromatic heterocycles. The summed E-state index contributed by atoms with van der Waals surface area (Å²) < 4.78 is 26.1. The van der Waals surface area contributed by atoms with Crippen LogP contribution in [0.4, 0.5) is 5.69 Å². The topological polar surface area (TPSA) is 73.1 Å². The number of nitrogens with zero attached hydrogens (tertiary/aromatic N) is 1. The quantitative estimate of drug-likeness (QED) is 0.753. The van der Waals surface area contributed by atoms with E-state index in [1.54, 1.807) is 18.2 Å². The normalized spacial score (nSPS) is 11.9. The van der Waals surface area contributed by atoms with Crippen molar-refractivity contribution in [2.75, 3.05) is 5.73 Å². The second-order valence-electron chi connectivity index (χ2n) is 4.88. The second-order valence-corrected chi connectivity index (χ2v) is 7.95. The average molecular weight is 318 g/mol. The molecule has 108 valence electrons. The van der Waals surface area contributed by atoms with E-state index in [4.69, 9.17) is 5.73 Å². The fourth-order valence-electron chi connectivity index (χ4n) is 2.13. The zero-order chi connectivity index (χ0) is 15.0. The number of hydrogen-bond acceptors (Lipinski definition) is 5. The minimum absolute atomic E-state index is 0.125. The van der Waals surface area contributed by atoms with Gasteiger partial charge in [-0.05, 0) is 36.8 Å². The smallest absolute Gasteiger partial charge is 0.186 e. The Morgan fingerprint density at radius 2 is 1.95 bits per heavy atom. The fourth-order valence-corrected chi connectivity index (χ4v) is 4.93. The van der Waals surface area contributed by atoms with Crippen molar-refractivity contribution in [3.8, 4) is 0 Å². The Morgan fingerprint density at radius 1 is 1.19 bits per heavy atom. The van der Waals surface area contributed by atoms with Gasteiger partial charge in [-0.25, -0.2) is 13.4 Å². The highest BCUT2D eigenvalue weighted by Gasteiger charge is 2.20. The van der Waals surface area contributed by atoms with E-state index >= 15 is 0 Å². The summed E-state index contributed by atoms with van der Waals surface area (Å²) in [7, 11) is -3.49. The molecule has 0 aliphatic rings. The number of aromatic nitrogens is 1. The maximum absolute atomic E-state index is 12.5. The van der Waals surface area contributed by atoms with Gasteiger partial charge in [-0.2, -0.15) is 0 Å². The third-order valence-corrected chi connectivity index (χ3v) is 6.05. The molecule has 0 fully saturated rings. The summed E-state index contributed by atoms with van der Waals surface area (Å²) in [5, 5.41) is 0.581. The van der Waals surface area contributed by atoms with E-state index < -0.39 is 9.84 Å². The zero-order valence-electron chi connectivity index (χ0n) is 11.4. The van der Waals surface area contributed by atoms with Crippen LogP contribution < -0.4 is 5.73 Å². The van der Waals surface area contributed by atoms with Gasteiger partial charge < -0.3 is 5.73 Å². The first-order valence-corrected chi connectivity index (χ1v) is 8.86. The van der Waals surface area contributed by atoms with E-state index in [9.17, 15) is 8.42 Å². The number of para-hydroxylation sites is 1. The largest absolute Gasteiger partial charge is 0.398 e. The van der Waals surface area contributed by atoms with Crippen molar-refractivity contribution in [2.24, 2.45) is 0 Å². The molecule has 4 nitrogen and oxygen atoms in total. The monoisotopic (exact) mass is 318 g/mol. The van der Waals surface area contributed by atoms with Crippen LogP contribution in [0.1, 0.15) is 10.6 Å². The number of nitrogens with two attached hydrogens (primary N) is 1. The molecule has 2 aromatic carbocycles. The third-order valence-electron chi connectivity index (χ3n) is 3.16. The molecule has 6 heteroatoms. The zero-order valence-corrected chi connectivity index (χ0v) is 13.0. The third kappa shape index (κ3) is 2.77. The molecule has 0 atom stereocenters. The molecule has 3 aromatic rings. The van der Waals surface area contributed by atoms with Crippen LogP contribution in [0, 0.1) is 6.92 Å². The highest BCUT2D eigenvalue weighted by Crippen LogP contribution is 2.27. The molecule has 2 N–H and O–H groups in total. The van der Waals surface area contributed by atoms with Crippen LogP contribution in [0.25, 0.3) is 10.2 Å². The molecule has 0 saturated carbocycles. The molecule has 1 heterocycles. The highest BCUT2D eigenvalue weighted by atomic mass is 32.2. The van der Waals surface area contributed by atoms with Gasteiger partial charge in [0.1, 0.15) is 10.8 Å². The van der Waals surface area contributed by atoms with Gasteiger partial charge in [-0.3, -0.25) is 0 Å². The van der Waals surface area contributed by atoms with Crippen molar-refractivity contribution in [2.45, 2.75) is 17.6 Å².